The maximum Gasteiger partial charge on any atom is 0.224 e. The quantitative estimate of drug-likeness (QED) is 0.183. The summed E-state index contributed by atoms with van der Waals surface area (Å²) in [6, 6.07) is 40.6. The van der Waals surface area contributed by atoms with Crippen molar-refractivity contribution >= 4 is 17.3 Å². The second-order valence-electron chi connectivity index (χ2n) is 11.5. The third-order valence-electron chi connectivity index (χ3n) is 8.86. The molecule has 5 nitrogen and oxygen atoms in total. The predicted molar refractivity (Wildman–Crippen MR) is 176 cm³/mol. The van der Waals surface area contributed by atoms with Crippen LogP contribution in [0, 0.1) is 6.92 Å². The minimum atomic E-state index is -0.560. The van der Waals surface area contributed by atoms with E-state index in [0.717, 1.165) is 43.7 Å². The Morgan fingerprint density at radius 2 is 1.30 bits per heavy atom. The van der Waals surface area contributed by atoms with Gasteiger partial charge in [0.15, 0.2) is 0 Å². The van der Waals surface area contributed by atoms with Gasteiger partial charge in [0.25, 0.3) is 0 Å². The van der Waals surface area contributed by atoms with E-state index in [-0.39, 0.29) is 5.91 Å². The molecule has 1 N–H and O–H groups in total. The standard InChI is InChI=1S/C38H40N4O/c1-3-15-36(43)40-34-22-13-14-23-35(34)41-26-24-30(25-27-41)37-29(2)42(28-39-37)38(31-16-7-4-8-17-31,32-18-9-5-10-19-32)33-20-11-6-12-21-33/h4-14,16-23,28,30H,3,15,24-27H2,1-2H3,(H,40,43). The van der Waals surface area contributed by atoms with Gasteiger partial charge in [-0.1, -0.05) is 110 Å². The Bertz CT molecular complexity index is 1540. The van der Waals surface area contributed by atoms with E-state index in [2.05, 4.69) is 131 Å². The number of hydrogen-bond donors (Lipinski definition) is 1. The SMILES string of the molecule is CCCC(=O)Nc1ccccc1N1CCC(c2ncn(C(c3ccccc3)(c3ccccc3)c3ccccc3)c2C)CC1. The maximum absolute atomic E-state index is 12.4. The number of nitrogens with zero attached hydrogens (tertiary/aromatic N) is 3. The van der Waals surface area contributed by atoms with Crippen LogP contribution in [0.15, 0.2) is 122 Å². The molecule has 1 aliphatic heterocycles. The van der Waals surface area contributed by atoms with Crippen molar-refractivity contribution < 1.29 is 4.79 Å². The molecule has 0 spiro atoms. The molecule has 0 radical (unpaired) electrons. The van der Waals surface area contributed by atoms with Gasteiger partial charge in [-0.2, -0.15) is 0 Å². The molecule has 218 valence electrons. The number of benzene rings is 4. The summed E-state index contributed by atoms with van der Waals surface area (Å²) >= 11 is 0. The first-order chi connectivity index (χ1) is 21.1. The van der Waals surface area contributed by atoms with Gasteiger partial charge in [-0.25, -0.2) is 4.98 Å². The van der Waals surface area contributed by atoms with Gasteiger partial charge in [0.2, 0.25) is 5.91 Å². The fourth-order valence-corrected chi connectivity index (χ4v) is 6.81. The number of carbonyl (C=O) groups is 1. The Labute approximate surface area is 255 Å². The largest absolute Gasteiger partial charge is 0.370 e. The van der Waals surface area contributed by atoms with Gasteiger partial charge >= 0.3 is 0 Å². The molecule has 1 aliphatic rings. The van der Waals surface area contributed by atoms with Crippen LogP contribution in [-0.4, -0.2) is 28.5 Å². The first kappa shape index (κ1) is 28.5. The fraction of sp³-hybridized carbons (Fsp3) is 0.263. The van der Waals surface area contributed by atoms with Crippen LogP contribution in [0.4, 0.5) is 11.4 Å². The molecule has 1 aromatic heterocycles. The third-order valence-corrected chi connectivity index (χ3v) is 8.86. The number of aromatic nitrogens is 2. The number of para-hydroxylation sites is 2. The average molecular weight is 569 g/mol. The topological polar surface area (TPSA) is 50.2 Å². The number of hydrogen-bond acceptors (Lipinski definition) is 3. The van der Waals surface area contributed by atoms with Crippen LogP contribution < -0.4 is 10.2 Å². The van der Waals surface area contributed by atoms with Gasteiger partial charge in [-0.15, -0.1) is 0 Å². The Morgan fingerprint density at radius 1 is 0.791 bits per heavy atom. The van der Waals surface area contributed by atoms with E-state index < -0.39 is 5.54 Å². The fourth-order valence-electron chi connectivity index (χ4n) is 6.81. The van der Waals surface area contributed by atoms with Crippen LogP contribution >= 0.6 is 0 Å². The van der Waals surface area contributed by atoms with Crippen molar-refractivity contribution in [2.45, 2.75) is 51.0 Å². The highest BCUT2D eigenvalue weighted by atomic mass is 16.1. The lowest BCUT2D eigenvalue weighted by molar-refractivity contribution is -0.116. The molecule has 4 aromatic carbocycles. The lowest BCUT2D eigenvalue weighted by Crippen LogP contribution is -2.38. The number of imidazole rings is 1. The zero-order valence-corrected chi connectivity index (χ0v) is 25.1. The molecule has 1 amide bonds. The summed E-state index contributed by atoms with van der Waals surface area (Å²) in [5.41, 5.74) is 7.43. The summed E-state index contributed by atoms with van der Waals surface area (Å²) in [6.07, 6.45) is 5.44. The van der Waals surface area contributed by atoms with Gasteiger partial charge in [-0.05, 0) is 55.0 Å². The van der Waals surface area contributed by atoms with Crippen LogP contribution in [0.25, 0.3) is 0 Å². The smallest absolute Gasteiger partial charge is 0.224 e. The molecule has 43 heavy (non-hydrogen) atoms. The third kappa shape index (κ3) is 5.48. The lowest BCUT2D eigenvalue weighted by atomic mass is 9.76. The van der Waals surface area contributed by atoms with E-state index >= 15 is 0 Å². The monoisotopic (exact) mass is 568 g/mol. The summed E-state index contributed by atoms with van der Waals surface area (Å²) in [4.78, 5) is 19.9. The number of nitrogens with one attached hydrogen (secondary N) is 1. The first-order valence-electron chi connectivity index (χ1n) is 15.5. The zero-order valence-electron chi connectivity index (χ0n) is 25.1. The number of amides is 1. The van der Waals surface area contributed by atoms with Crippen molar-refractivity contribution in [1.29, 1.82) is 0 Å². The Hall–Kier alpha value is -4.64. The van der Waals surface area contributed by atoms with Gasteiger partial charge in [0.1, 0.15) is 5.54 Å². The van der Waals surface area contributed by atoms with E-state index in [1.54, 1.807) is 0 Å². The van der Waals surface area contributed by atoms with Gasteiger partial charge in [-0.3, -0.25) is 4.79 Å². The van der Waals surface area contributed by atoms with Crippen molar-refractivity contribution in [2.24, 2.45) is 0 Å². The maximum atomic E-state index is 12.4. The summed E-state index contributed by atoms with van der Waals surface area (Å²) in [7, 11) is 0. The molecule has 0 bridgehead atoms. The van der Waals surface area contributed by atoms with Gasteiger partial charge < -0.3 is 14.8 Å². The molecular weight excluding hydrogens is 528 g/mol. The first-order valence-corrected chi connectivity index (χ1v) is 15.5. The minimum Gasteiger partial charge on any atom is -0.370 e. The number of carbonyl (C=O) groups excluding carboxylic acids is 1. The minimum absolute atomic E-state index is 0.0738. The molecule has 1 saturated heterocycles. The van der Waals surface area contributed by atoms with E-state index in [0.29, 0.717) is 12.3 Å². The number of rotatable bonds is 9. The van der Waals surface area contributed by atoms with Gasteiger partial charge in [0.05, 0.1) is 23.4 Å². The highest BCUT2D eigenvalue weighted by Gasteiger charge is 2.40. The number of piperidine rings is 1. The van der Waals surface area contributed by atoms with Crippen molar-refractivity contribution in [3.05, 3.63) is 150 Å². The van der Waals surface area contributed by atoms with Crippen LogP contribution in [0.2, 0.25) is 0 Å². The van der Waals surface area contributed by atoms with Crippen molar-refractivity contribution in [2.75, 3.05) is 23.3 Å². The molecule has 5 heteroatoms. The molecule has 0 unspecified atom stereocenters. The van der Waals surface area contributed by atoms with E-state index in [4.69, 9.17) is 4.98 Å². The van der Waals surface area contributed by atoms with Gasteiger partial charge in [0, 0.05) is 31.1 Å². The summed E-state index contributed by atoms with van der Waals surface area (Å²) < 4.78 is 2.40. The molecule has 5 aromatic rings. The highest BCUT2D eigenvalue weighted by molar-refractivity contribution is 5.94. The van der Waals surface area contributed by atoms with Crippen LogP contribution in [0.1, 0.15) is 66.6 Å². The molecule has 6 rings (SSSR count). The molecule has 0 atom stereocenters. The Balaban J connectivity index is 1.34. The molecule has 0 saturated carbocycles. The Morgan fingerprint density at radius 3 is 1.84 bits per heavy atom. The Kier molecular flexibility index (Phi) is 8.41. The molecule has 1 fully saturated rings. The van der Waals surface area contributed by atoms with E-state index in [9.17, 15) is 4.79 Å². The van der Waals surface area contributed by atoms with Crippen molar-refractivity contribution in [1.82, 2.24) is 9.55 Å². The van der Waals surface area contributed by atoms with Crippen LogP contribution in [0.3, 0.4) is 0 Å². The highest BCUT2D eigenvalue weighted by Crippen LogP contribution is 2.43. The summed E-state index contributed by atoms with van der Waals surface area (Å²) in [5.74, 6) is 0.434. The average Bonchev–Trinajstić information content (AvgIpc) is 3.44. The second-order valence-corrected chi connectivity index (χ2v) is 11.5. The van der Waals surface area contributed by atoms with Crippen LogP contribution in [-0.2, 0) is 10.3 Å². The van der Waals surface area contributed by atoms with E-state index in [1.807, 2.05) is 19.1 Å². The van der Waals surface area contributed by atoms with Crippen LogP contribution in [0.5, 0.6) is 0 Å². The van der Waals surface area contributed by atoms with E-state index in [1.165, 1.54) is 28.1 Å². The lowest BCUT2D eigenvalue weighted by Gasteiger charge is -2.39. The molecule has 0 aliphatic carbocycles. The van der Waals surface area contributed by atoms with Crippen molar-refractivity contribution in [3.8, 4) is 0 Å². The normalized spacial score (nSPS) is 14.0. The molecule has 2 heterocycles. The summed E-state index contributed by atoms with van der Waals surface area (Å²) in [6.45, 7) is 6.09. The zero-order chi connectivity index (χ0) is 29.6. The number of anilines is 2. The predicted octanol–water partition coefficient (Wildman–Crippen LogP) is 8.15. The summed E-state index contributed by atoms with van der Waals surface area (Å²) in [5, 5.41) is 3.13. The van der Waals surface area contributed by atoms with Crippen molar-refractivity contribution in [3.63, 3.8) is 0 Å². The second kappa shape index (κ2) is 12.7. The molecular formula is C38H40N4O.